The van der Waals surface area contributed by atoms with E-state index in [-0.39, 0.29) is 5.41 Å². The molecule has 0 aliphatic carbocycles. The van der Waals surface area contributed by atoms with Gasteiger partial charge in [0.05, 0.1) is 11.5 Å². The number of hydrogen-bond donors (Lipinski definition) is 1. The molecule has 0 aliphatic heterocycles. The summed E-state index contributed by atoms with van der Waals surface area (Å²) < 4.78 is 32.0. The SMILES string of the molecule is CC(C)(C)COCCCCNS(=O)(=O)c1ccccc1. The molecule has 0 unspecified atom stereocenters. The maximum absolute atomic E-state index is 11.9. The van der Waals surface area contributed by atoms with Crippen molar-refractivity contribution in [3.8, 4) is 0 Å². The van der Waals surface area contributed by atoms with Crippen LogP contribution >= 0.6 is 0 Å². The Morgan fingerprint density at radius 2 is 1.75 bits per heavy atom. The molecule has 0 saturated carbocycles. The van der Waals surface area contributed by atoms with E-state index in [1.54, 1.807) is 30.3 Å². The molecule has 0 radical (unpaired) electrons. The van der Waals surface area contributed by atoms with Gasteiger partial charge >= 0.3 is 0 Å². The lowest BCUT2D eigenvalue weighted by Crippen LogP contribution is -2.25. The average molecular weight is 299 g/mol. The third kappa shape index (κ3) is 7.03. The van der Waals surface area contributed by atoms with Crippen molar-refractivity contribution in [2.75, 3.05) is 19.8 Å². The number of hydrogen-bond acceptors (Lipinski definition) is 3. The largest absolute Gasteiger partial charge is 0.381 e. The summed E-state index contributed by atoms with van der Waals surface area (Å²) in [5.74, 6) is 0. The van der Waals surface area contributed by atoms with E-state index in [1.165, 1.54) is 0 Å². The lowest BCUT2D eigenvalue weighted by atomic mass is 9.99. The van der Waals surface area contributed by atoms with Crippen LogP contribution in [-0.2, 0) is 14.8 Å². The summed E-state index contributed by atoms with van der Waals surface area (Å²) >= 11 is 0. The molecule has 20 heavy (non-hydrogen) atoms. The summed E-state index contributed by atoms with van der Waals surface area (Å²) in [6, 6.07) is 8.42. The van der Waals surface area contributed by atoms with Crippen molar-refractivity contribution in [3.05, 3.63) is 30.3 Å². The highest BCUT2D eigenvalue weighted by Gasteiger charge is 2.12. The molecule has 1 aromatic carbocycles. The van der Waals surface area contributed by atoms with Gasteiger partial charge in [0.1, 0.15) is 0 Å². The molecule has 0 aromatic heterocycles. The van der Waals surface area contributed by atoms with Crippen LogP contribution in [0.2, 0.25) is 0 Å². The number of benzene rings is 1. The second-order valence-corrected chi connectivity index (χ2v) is 7.80. The fraction of sp³-hybridized carbons (Fsp3) is 0.600. The number of sulfonamides is 1. The average Bonchev–Trinajstić information content (AvgIpc) is 2.37. The Balaban J connectivity index is 2.19. The van der Waals surface area contributed by atoms with E-state index >= 15 is 0 Å². The predicted molar refractivity (Wildman–Crippen MR) is 81.1 cm³/mol. The summed E-state index contributed by atoms with van der Waals surface area (Å²) in [7, 11) is -3.37. The Morgan fingerprint density at radius 1 is 1.10 bits per heavy atom. The van der Waals surface area contributed by atoms with E-state index in [2.05, 4.69) is 25.5 Å². The summed E-state index contributed by atoms with van der Waals surface area (Å²) in [5, 5.41) is 0. The zero-order valence-electron chi connectivity index (χ0n) is 12.6. The van der Waals surface area contributed by atoms with Crippen molar-refractivity contribution < 1.29 is 13.2 Å². The number of nitrogens with one attached hydrogen (secondary N) is 1. The molecule has 1 N–H and O–H groups in total. The fourth-order valence-electron chi connectivity index (χ4n) is 1.60. The molecule has 0 bridgehead atoms. The smallest absolute Gasteiger partial charge is 0.240 e. The van der Waals surface area contributed by atoms with E-state index in [0.717, 1.165) is 19.4 Å². The highest BCUT2D eigenvalue weighted by Crippen LogP contribution is 2.13. The van der Waals surface area contributed by atoms with Gasteiger partial charge in [0, 0.05) is 13.2 Å². The first kappa shape index (κ1) is 17.1. The lowest BCUT2D eigenvalue weighted by Gasteiger charge is -2.17. The van der Waals surface area contributed by atoms with Gasteiger partial charge in [-0.15, -0.1) is 0 Å². The van der Waals surface area contributed by atoms with Crippen molar-refractivity contribution in [2.45, 2.75) is 38.5 Å². The third-order valence-electron chi connectivity index (χ3n) is 2.60. The minimum absolute atomic E-state index is 0.175. The quantitative estimate of drug-likeness (QED) is 0.751. The van der Waals surface area contributed by atoms with Gasteiger partial charge in [-0.1, -0.05) is 39.0 Å². The Hall–Kier alpha value is -0.910. The van der Waals surface area contributed by atoms with E-state index in [0.29, 0.717) is 18.0 Å². The van der Waals surface area contributed by atoms with Crippen molar-refractivity contribution in [2.24, 2.45) is 5.41 Å². The van der Waals surface area contributed by atoms with Crippen LogP contribution in [0.3, 0.4) is 0 Å². The topological polar surface area (TPSA) is 55.4 Å². The molecule has 1 aromatic rings. The first-order valence-corrected chi connectivity index (χ1v) is 8.42. The predicted octanol–water partition coefficient (Wildman–Crippen LogP) is 2.81. The van der Waals surface area contributed by atoms with E-state index in [9.17, 15) is 8.42 Å². The maximum Gasteiger partial charge on any atom is 0.240 e. The monoisotopic (exact) mass is 299 g/mol. The second-order valence-electron chi connectivity index (χ2n) is 6.03. The molecule has 0 aliphatic rings. The molecule has 114 valence electrons. The van der Waals surface area contributed by atoms with Crippen LogP contribution in [0.5, 0.6) is 0 Å². The van der Waals surface area contributed by atoms with Crippen molar-refractivity contribution in [3.63, 3.8) is 0 Å². The Bertz CT molecular complexity index is 478. The standard InChI is InChI=1S/C15H25NO3S/c1-15(2,3)13-19-12-8-7-11-16-20(17,18)14-9-5-4-6-10-14/h4-6,9-10,16H,7-8,11-13H2,1-3H3. The highest BCUT2D eigenvalue weighted by atomic mass is 32.2. The first-order valence-electron chi connectivity index (χ1n) is 6.94. The molecule has 0 atom stereocenters. The minimum atomic E-state index is -3.37. The number of ether oxygens (including phenoxy) is 1. The van der Waals surface area contributed by atoms with Crippen LogP contribution in [0, 0.1) is 5.41 Å². The highest BCUT2D eigenvalue weighted by molar-refractivity contribution is 7.89. The van der Waals surface area contributed by atoms with Gasteiger partial charge in [-0.25, -0.2) is 13.1 Å². The van der Waals surface area contributed by atoms with Gasteiger partial charge in [0.15, 0.2) is 0 Å². The van der Waals surface area contributed by atoms with Gasteiger partial charge in [-0.3, -0.25) is 0 Å². The van der Waals surface area contributed by atoms with E-state index < -0.39 is 10.0 Å². The Morgan fingerprint density at radius 3 is 2.35 bits per heavy atom. The van der Waals surface area contributed by atoms with Gasteiger partial charge < -0.3 is 4.74 Å². The molecule has 0 heterocycles. The van der Waals surface area contributed by atoms with Crippen LogP contribution in [0.1, 0.15) is 33.6 Å². The van der Waals surface area contributed by atoms with Crippen LogP contribution < -0.4 is 4.72 Å². The van der Waals surface area contributed by atoms with Crippen molar-refractivity contribution in [1.29, 1.82) is 0 Å². The van der Waals surface area contributed by atoms with Crippen LogP contribution in [0.4, 0.5) is 0 Å². The zero-order valence-corrected chi connectivity index (χ0v) is 13.4. The minimum Gasteiger partial charge on any atom is -0.381 e. The van der Waals surface area contributed by atoms with Gasteiger partial charge in [-0.2, -0.15) is 0 Å². The lowest BCUT2D eigenvalue weighted by molar-refractivity contribution is 0.0691. The first-order chi connectivity index (χ1) is 9.31. The van der Waals surface area contributed by atoms with Crippen LogP contribution in [0.15, 0.2) is 35.2 Å². The van der Waals surface area contributed by atoms with Crippen LogP contribution in [-0.4, -0.2) is 28.2 Å². The van der Waals surface area contributed by atoms with Gasteiger partial charge in [0.25, 0.3) is 0 Å². The number of unbranched alkanes of at least 4 members (excludes halogenated alkanes) is 1. The van der Waals surface area contributed by atoms with Gasteiger partial charge in [-0.05, 0) is 30.4 Å². The Kier molecular flexibility index (Phi) is 6.65. The van der Waals surface area contributed by atoms with Crippen molar-refractivity contribution >= 4 is 10.0 Å². The van der Waals surface area contributed by atoms with E-state index in [1.807, 2.05) is 0 Å². The molecular formula is C15H25NO3S. The van der Waals surface area contributed by atoms with Crippen LogP contribution in [0.25, 0.3) is 0 Å². The molecule has 0 spiro atoms. The summed E-state index contributed by atoms with van der Waals surface area (Å²) in [4.78, 5) is 0.309. The molecule has 0 fully saturated rings. The molecule has 5 heteroatoms. The molecular weight excluding hydrogens is 274 g/mol. The maximum atomic E-state index is 11.9. The summed E-state index contributed by atoms with van der Waals surface area (Å²) in [5.41, 5.74) is 0.175. The summed E-state index contributed by atoms with van der Waals surface area (Å²) in [6.07, 6.45) is 1.63. The molecule has 4 nitrogen and oxygen atoms in total. The van der Waals surface area contributed by atoms with E-state index in [4.69, 9.17) is 4.74 Å². The third-order valence-corrected chi connectivity index (χ3v) is 4.07. The number of rotatable bonds is 8. The molecule has 0 saturated heterocycles. The molecule has 0 amide bonds. The molecule has 1 rings (SSSR count). The second kappa shape index (κ2) is 7.76. The summed E-state index contributed by atoms with van der Waals surface area (Å²) in [6.45, 7) is 8.21. The Labute approximate surface area is 122 Å². The van der Waals surface area contributed by atoms with Crippen molar-refractivity contribution in [1.82, 2.24) is 4.72 Å². The van der Waals surface area contributed by atoms with Gasteiger partial charge in [0.2, 0.25) is 10.0 Å². The fourth-order valence-corrected chi connectivity index (χ4v) is 2.69. The normalized spacial score (nSPS) is 12.6. The zero-order chi connectivity index (χ0) is 15.1.